The van der Waals surface area contributed by atoms with Gasteiger partial charge in [-0.1, -0.05) is 108 Å². The van der Waals surface area contributed by atoms with Crippen molar-refractivity contribution in [2.75, 3.05) is 0 Å². The van der Waals surface area contributed by atoms with Crippen molar-refractivity contribution in [2.24, 2.45) is 0 Å². The molecule has 6 heteroatoms. The minimum atomic E-state index is -0.812. The SMILES string of the molecule is CCCC(C)Oc1ccc(C(C)(C)c2ccc(OC(=O)Oc3ccc(C(C)(C)c4ccc(OC(=O)c5ccccc5)cc4)cc3)cc2)cc1. The van der Waals surface area contributed by atoms with Gasteiger partial charge in [0.1, 0.15) is 23.0 Å². The van der Waals surface area contributed by atoms with Crippen LogP contribution in [0.4, 0.5) is 4.79 Å². The van der Waals surface area contributed by atoms with Crippen molar-refractivity contribution in [1.82, 2.24) is 0 Å². The highest BCUT2D eigenvalue weighted by atomic mass is 16.7. The van der Waals surface area contributed by atoms with Crippen molar-refractivity contribution in [3.8, 4) is 23.0 Å². The molecule has 0 spiro atoms. The molecule has 0 saturated heterocycles. The molecular formula is C43H44O6. The summed E-state index contributed by atoms with van der Waals surface area (Å²) < 4.78 is 22.5. The van der Waals surface area contributed by atoms with Gasteiger partial charge in [0.2, 0.25) is 0 Å². The Bertz CT molecular complexity index is 1820. The maximum Gasteiger partial charge on any atom is 0.519 e. The Morgan fingerprint density at radius 2 is 0.898 bits per heavy atom. The highest BCUT2D eigenvalue weighted by Crippen LogP contribution is 2.35. The summed E-state index contributed by atoms with van der Waals surface area (Å²) >= 11 is 0. The number of carbonyl (C=O) groups excluding carboxylic acids is 2. The van der Waals surface area contributed by atoms with Crippen molar-refractivity contribution in [3.05, 3.63) is 155 Å². The van der Waals surface area contributed by atoms with Gasteiger partial charge in [-0.3, -0.25) is 0 Å². The summed E-state index contributed by atoms with van der Waals surface area (Å²) in [6, 6.07) is 39.5. The molecule has 49 heavy (non-hydrogen) atoms. The number of esters is 1. The Labute approximate surface area is 289 Å². The van der Waals surface area contributed by atoms with Crippen molar-refractivity contribution in [1.29, 1.82) is 0 Å². The van der Waals surface area contributed by atoms with Crippen LogP contribution < -0.4 is 18.9 Å². The highest BCUT2D eigenvalue weighted by molar-refractivity contribution is 5.90. The van der Waals surface area contributed by atoms with Gasteiger partial charge in [0.05, 0.1) is 11.7 Å². The molecule has 5 aromatic rings. The van der Waals surface area contributed by atoms with Gasteiger partial charge in [-0.25, -0.2) is 9.59 Å². The first-order chi connectivity index (χ1) is 23.4. The normalized spacial score (nSPS) is 12.1. The standard InChI is InChI=1S/C43H44O6/c1-7-11-30(2)46-36-22-14-32(15-23-36)42(3,4)34-18-26-38(27-19-34)48-41(45)49-39-28-20-35(21-29-39)43(5,6)33-16-24-37(25-17-33)47-40(44)31-12-9-8-10-13-31/h8-10,12-30H,7,11H2,1-6H3. The van der Waals surface area contributed by atoms with E-state index in [9.17, 15) is 9.59 Å². The Kier molecular flexibility index (Phi) is 10.9. The zero-order valence-corrected chi connectivity index (χ0v) is 29.1. The first-order valence-electron chi connectivity index (χ1n) is 16.7. The molecule has 6 nitrogen and oxygen atoms in total. The number of ether oxygens (including phenoxy) is 4. The van der Waals surface area contributed by atoms with Gasteiger partial charge >= 0.3 is 12.1 Å². The van der Waals surface area contributed by atoms with E-state index in [1.165, 1.54) is 0 Å². The highest BCUT2D eigenvalue weighted by Gasteiger charge is 2.25. The van der Waals surface area contributed by atoms with E-state index < -0.39 is 12.1 Å². The molecule has 0 aliphatic carbocycles. The molecule has 252 valence electrons. The molecule has 0 N–H and O–H groups in total. The summed E-state index contributed by atoms with van der Waals surface area (Å²) in [6.07, 6.45) is 1.49. The van der Waals surface area contributed by atoms with E-state index in [1.54, 1.807) is 60.7 Å². The van der Waals surface area contributed by atoms with Gasteiger partial charge in [-0.15, -0.1) is 0 Å². The first-order valence-corrected chi connectivity index (χ1v) is 16.7. The molecule has 1 atom stereocenters. The fourth-order valence-corrected chi connectivity index (χ4v) is 5.75. The van der Waals surface area contributed by atoms with Crippen LogP contribution in [0, 0.1) is 0 Å². The molecule has 0 bridgehead atoms. The average Bonchev–Trinajstić information content (AvgIpc) is 3.09. The lowest BCUT2D eigenvalue weighted by atomic mass is 9.78. The third-order valence-electron chi connectivity index (χ3n) is 8.96. The fourth-order valence-electron chi connectivity index (χ4n) is 5.75. The van der Waals surface area contributed by atoms with Crippen LogP contribution in [-0.4, -0.2) is 18.2 Å². The van der Waals surface area contributed by atoms with E-state index in [0.717, 1.165) is 40.8 Å². The molecule has 1 unspecified atom stereocenters. The smallest absolute Gasteiger partial charge is 0.491 e. The minimum absolute atomic E-state index is 0.186. The number of hydrogen-bond donors (Lipinski definition) is 0. The fraction of sp³-hybridized carbons (Fsp3) is 0.256. The molecule has 5 rings (SSSR count). The zero-order chi connectivity index (χ0) is 35.0. The largest absolute Gasteiger partial charge is 0.519 e. The molecule has 5 aromatic carbocycles. The van der Waals surface area contributed by atoms with E-state index in [0.29, 0.717) is 22.8 Å². The van der Waals surface area contributed by atoms with E-state index in [1.807, 2.05) is 54.6 Å². The lowest BCUT2D eigenvalue weighted by Gasteiger charge is -2.26. The minimum Gasteiger partial charge on any atom is -0.491 e. The van der Waals surface area contributed by atoms with Gasteiger partial charge in [-0.2, -0.15) is 0 Å². The Morgan fingerprint density at radius 3 is 1.29 bits per heavy atom. The number of rotatable bonds is 12. The van der Waals surface area contributed by atoms with Crippen LogP contribution in [0.2, 0.25) is 0 Å². The monoisotopic (exact) mass is 656 g/mol. The Balaban J connectivity index is 1.15. The molecule has 0 heterocycles. The van der Waals surface area contributed by atoms with E-state index in [-0.39, 0.29) is 16.9 Å². The molecule has 0 aliphatic rings. The maximum absolute atomic E-state index is 12.6. The summed E-state index contributed by atoms with van der Waals surface area (Å²) in [5.41, 5.74) is 4.17. The van der Waals surface area contributed by atoms with E-state index in [2.05, 4.69) is 53.7 Å². The predicted octanol–water partition coefficient (Wildman–Crippen LogP) is 10.7. The van der Waals surface area contributed by atoms with Crippen LogP contribution in [0.15, 0.2) is 127 Å². The second-order valence-corrected chi connectivity index (χ2v) is 13.3. The van der Waals surface area contributed by atoms with Crippen molar-refractivity contribution in [2.45, 2.75) is 71.3 Å². The second-order valence-electron chi connectivity index (χ2n) is 13.3. The topological polar surface area (TPSA) is 71.1 Å². The lowest BCUT2D eigenvalue weighted by molar-refractivity contribution is 0.0734. The van der Waals surface area contributed by atoms with Crippen LogP contribution in [-0.2, 0) is 10.8 Å². The molecular weight excluding hydrogens is 612 g/mol. The Hall–Kier alpha value is -5.36. The van der Waals surface area contributed by atoms with Gasteiger partial charge in [0.15, 0.2) is 0 Å². The number of carbonyl (C=O) groups is 2. The van der Waals surface area contributed by atoms with Crippen LogP contribution in [0.25, 0.3) is 0 Å². The molecule has 0 saturated carbocycles. The Morgan fingerprint density at radius 1 is 0.531 bits per heavy atom. The van der Waals surface area contributed by atoms with Gasteiger partial charge in [0, 0.05) is 10.8 Å². The summed E-state index contributed by atoms with van der Waals surface area (Å²) in [4.78, 5) is 25.0. The number of benzene rings is 5. The maximum atomic E-state index is 12.6. The van der Waals surface area contributed by atoms with Crippen molar-refractivity contribution >= 4 is 12.1 Å². The van der Waals surface area contributed by atoms with Crippen LogP contribution in [0.5, 0.6) is 23.0 Å². The van der Waals surface area contributed by atoms with Crippen LogP contribution in [0.3, 0.4) is 0 Å². The molecule has 0 fully saturated rings. The van der Waals surface area contributed by atoms with Gasteiger partial charge < -0.3 is 18.9 Å². The van der Waals surface area contributed by atoms with Gasteiger partial charge in [0.25, 0.3) is 0 Å². The summed E-state index contributed by atoms with van der Waals surface area (Å²) in [7, 11) is 0. The third kappa shape index (κ3) is 8.76. The lowest BCUT2D eigenvalue weighted by Crippen LogP contribution is -2.19. The number of hydrogen-bond acceptors (Lipinski definition) is 6. The molecule has 0 amide bonds. The zero-order valence-electron chi connectivity index (χ0n) is 29.1. The molecule has 0 radical (unpaired) electrons. The third-order valence-corrected chi connectivity index (χ3v) is 8.96. The molecule has 0 aromatic heterocycles. The predicted molar refractivity (Wildman–Crippen MR) is 193 cm³/mol. The second kappa shape index (κ2) is 15.2. The van der Waals surface area contributed by atoms with Crippen LogP contribution in [0.1, 0.15) is 87.0 Å². The quantitative estimate of drug-likeness (QED) is 0.0756. The molecule has 0 aliphatic heterocycles. The van der Waals surface area contributed by atoms with E-state index >= 15 is 0 Å². The van der Waals surface area contributed by atoms with Crippen LogP contribution >= 0.6 is 0 Å². The van der Waals surface area contributed by atoms with Crippen molar-refractivity contribution in [3.63, 3.8) is 0 Å². The average molecular weight is 657 g/mol. The first kappa shape index (κ1) is 35.0. The summed E-state index contributed by atoms with van der Waals surface area (Å²) in [5.74, 6) is 1.72. The summed E-state index contributed by atoms with van der Waals surface area (Å²) in [6.45, 7) is 12.8. The van der Waals surface area contributed by atoms with Crippen molar-refractivity contribution < 1.29 is 28.5 Å². The van der Waals surface area contributed by atoms with E-state index in [4.69, 9.17) is 18.9 Å². The summed E-state index contributed by atoms with van der Waals surface area (Å²) in [5, 5.41) is 0. The van der Waals surface area contributed by atoms with Gasteiger partial charge in [-0.05, 0) is 96.3 Å².